The number of benzene rings is 1. The van der Waals surface area contributed by atoms with Crippen molar-refractivity contribution in [3.05, 3.63) is 41.7 Å². The standard InChI is InChI=1S/C13H15N3O4/c1-19-10-5-3-4-9(6-10)12(17)8-16-7-11(14-15-16)13(18)20-2/h3-7,12,17H,8H2,1-2H3. The number of rotatable bonds is 5. The number of aliphatic hydroxyl groups excluding tert-OH is 1. The Morgan fingerprint density at radius 1 is 1.45 bits per heavy atom. The fourth-order valence-electron chi connectivity index (χ4n) is 1.72. The Morgan fingerprint density at radius 3 is 2.95 bits per heavy atom. The van der Waals surface area contributed by atoms with E-state index in [9.17, 15) is 9.90 Å². The molecule has 106 valence electrons. The van der Waals surface area contributed by atoms with Crippen LogP contribution in [0.5, 0.6) is 5.75 Å². The lowest BCUT2D eigenvalue weighted by molar-refractivity contribution is 0.0593. The number of esters is 1. The Balaban J connectivity index is 2.08. The van der Waals surface area contributed by atoms with Crippen molar-refractivity contribution in [1.29, 1.82) is 0 Å². The topological polar surface area (TPSA) is 86.5 Å². The van der Waals surface area contributed by atoms with Gasteiger partial charge in [0.05, 0.1) is 33.1 Å². The van der Waals surface area contributed by atoms with Crippen LogP contribution in [0.15, 0.2) is 30.5 Å². The van der Waals surface area contributed by atoms with Gasteiger partial charge in [0, 0.05) is 0 Å². The van der Waals surface area contributed by atoms with Gasteiger partial charge in [-0.2, -0.15) is 0 Å². The van der Waals surface area contributed by atoms with Gasteiger partial charge in [0.15, 0.2) is 5.69 Å². The van der Waals surface area contributed by atoms with Crippen LogP contribution in [0.2, 0.25) is 0 Å². The molecule has 0 bridgehead atoms. The SMILES string of the molecule is COC(=O)c1cn(CC(O)c2cccc(OC)c2)nn1. The number of ether oxygens (including phenoxy) is 2. The minimum Gasteiger partial charge on any atom is -0.497 e. The molecule has 1 heterocycles. The monoisotopic (exact) mass is 277 g/mol. The van der Waals surface area contributed by atoms with E-state index >= 15 is 0 Å². The Labute approximate surface area is 115 Å². The molecule has 1 N–H and O–H groups in total. The molecule has 2 aromatic rings. The van der Waals surface area contributed by atoms with Crippen LogP contribution in [0, 0.1) is 0 Å². The van der Waals surface area contributed by atoms with Gasteiger partial charge in [0.2, 0.25) is 0 Å². The van der Waals surface area contributed by atoms with Crippen molar-refractivity contribution in [1.82, 2.24) is 15.0 Å². The number of carbonyl (C=O) groups excluding carboxylic acids is 1. The van der Waals surface area contributed by atoms with Crippen LogP contribution in [0.1, 0.15) is 22.2 Å². The zero-order chi connectivity index (χ0) is 14.5. The molecule has 0 spiro atoms. The second-order valence-corrected chi connectivity index (χ2v) is 4.11. The third-order valence-corrected chi connectivity index (χ3v) is 2.77. The molecule has 7 heteroatoms. The molecule has 0 saturated heterocycles. The molecule has 0 aliphatic carbocycles. The molecule has 1 aromatic heterocycles. The van der Waals surface area contributed by atoms with Crippen molar-refractivity contribution >= 4 is 5.97 Å². The summed E-state index contributed by atoms with van der Waals surface area (Å²) >= 11 is 0. The van der Waals surface area contributed by atoms with Gasteiger partial charge in [0.1, 0.15) is 5.75 Å². The maximum absolute atomic E-state index is 11.2. The average Bonchev–Trinajstić information content (AvgIpc) is 2.95. The van der Waals surface area contributed by atoms with Gasteiger partial charge in [0.25, 0.3) is 0 Å². The minimum absolute atomic E-state index is 0.102. The summed E-state index contributed by atoms with van der Waals surface area (Å²) in [6.45, 7) is 0.178. The first-order valence-electron chi connectivity index (χ1n) is 5.94. The van der Waals surface area contributed by atoms with E-state index in [1.165, 1.54) is 18.0 Å². The summed E-state index contributed by atoms with van der Waals surface area (Å²) in [5.74, 6) is 0.0995. The highest BCUT2D eigenvalue weighted by molar-refractivity contribution is 5.86. The maximum atomic E-state index is 11.2. The molecule has 0 saturated carbocycles. The molecule has 2 rings (SSSR count). The van der Waals surface area contributed by atoms with Crippen molar-refractivity contribution in [2.75, 3.05) is 14.2 Å². The van der Waals surface area contributed by atoms with Crippen LogP contribution in [0.3, 0.4) is 0 Å². The van der Waals surface area contributed by atoms with Crippen LogP contribution in [0.25, 0.3) is 0 Å². The van der Waals surface area contributed by atoms with Crippen molar-refractivity contribution in [3.8, 4) is 5.75 Å². The van der Waals surface area contributed by atoms with E-state index in [4.69, 9.17) is 4.74 Å². The summed E-state index contributed by atoms with van der Waals surface area (Å²) < 4.78 is 11.0. The number of hydrogen-bond donors (Lipinski definition) is 1. The molecule has 7 nitrogen and oxygen atoms in total. The lowest BCUT2D eigenvalue weighted by Gasteiger charge is -2.11. The molecule has 0 amide bonds. The lowest BCUT2D eigenvalue weighted by atomic mass is 10.1. The van der Waals surface area contributed by atoms with Crippen LogP contribution >= 0.6 is 0 Å². The second kappa shape index (κ2) is 6.16. The van der Waals surface area contributed by atoms with Gasteiger partial charge in [-0.3, -0.25) is 0 Å². The first-order valence-corrected chi connectivity index (χ1v) is 5.94. The molecule has 0 fully saturated rings. The molecule has 0 aliphatic rings. The summed E-state index contributed by atoms with van der Waals surface area (Å²) in [6, 6.07) is 7.10. The molecule has 0 radical (unpaired) electrons. The molecule has 1 unspecified atom stereocenters. The van der Waals surface area contributed by atoms with Crippen molar-refractivity contribution in [2.24, 2.45) is 0 Å². The summed E-state index contributed by atoms with van der Waals surface area (Å²) in [5.41, 5.74) is 0.796. The normalized spacial score (nSPS) is 11.9. The quantitative estimate of drug-likeness (QED) is 0.814. The van der Waals surface area contributed by atoms with E-state index < -0.39 is 12.1 Å². The summed E-state index contributed by atoms with van der Waals surface area (Å²) in [4.78, 5) is 11.2. The van der Waals surface area contributed by atoms with E-state index in [-0.39, 0.29) is 12.2 Å². The summed E-state index contributed by atoms with van der Waals surface area (Å²) in [6.07, 6.45) is 0.646. The number of hydrogen-bond acceptors (Lipinski definition) is 6. The van der Waals surface area contributed by atoms with Gasteiger partial charge in [-0.1, -0.05) is 17.3 Å². The van der Waals surface area contributed by atoms with Crippen LogP contribution in [-0.2, 0) is 11.3 Å². The van der Waals surface area contributed by atoms with Gasteiger partial charge < -0.3 is 14.6 Å². The third kappa shape index (κ3) is 3.12. The highest BCUT2D eigenvalue weighted by Gasteiger charge is 2.14. The van der Waals surface area contributed by atoms with Crippen molar-refractivity contribution < 1.29 is 19.4 Å². The predicted octanol–water partition coefficient (Wildman–Crippen LogP) is 0.807. The summed E-state index contributed by atoms with van der Waals surface area (Å²) in [5, 5.41) is 17.6. The number of methoxy groups -OCH3 is 2. The zero-order valence-electron chi connectivity index (χ0n) is 11.2. The highest BCUT2D eigenvalue weighted by Crippen LogP contribution is 2.20. The summed E-state index contributed by atoms with van der Waals surface area (Å²) in [7, 11) is 2.83. The van der Waals surface area contributed by atoms with Gasteiger partial charge in [-0.15, -0.1) is 5.10 Å². The van der Waals surface area contributed by atoms with Crippen LogP contribution in [-0.4, -0.2) is 40.3 Å². The van der Waals surface area contributed by atoms with Gasteiger partial charge >= 0.3 is 5.97 Å². The molecule has 1 aromatic carbocycles. The van der Waals surface area contributed by atoms with Crippen LogP contribution in [0.4, 0.5) is 0 Å². The first kappa shape index (κ1) is 14.0. The first-order chi connectivity index (χ1) is 9.63. The fraction of sp³-hybridized carbons (Fsp3) is 0.308. The number of carbonyl (C=O) groups is 1. The second-order valence-electron chi connectivity index (χ2n) is 4.11. The van der Waals surface area contributed by atoms with E-state index in [1.807, 2.05) is 0 Å². The third-order valence-electron chi connectivity index (χ3n) is 2.77. The van der Waals surface area contributed by atoms with Crippen LogP contribution < -0.4 is 4.74 Å². The predicted molar refractivity (Wildman–Crippen MR) is 69.3 cm³/mol. The largest absolute Gasteiger partial charge is 0.497 e. The zero-order valence-corrected chi connectivity index (χ0v) is 11.2. The van der Waals surface area contributed by atoms with Crippen molar-refractivity contribution in [2.45, 2.75) is 12.6 Å². The van der Waals surface area contributed by atoms with Crippen molar-refractivity contribution in [3.63, 3.8) is 0 Å². The number of aliphatic hydroxyl groups is 1. The molecular weight excluding hydrogens is 262 g/mol. The van der Waals surface area contributed by atoms with E-state index in [1.54, 1.807) is 31.4 Å². The lowest BCUT2D eigenvalue weighted by Crippen LogP contribution is -2.09. The van der Waals surface area contributed by atoms with Gasteiger partial charge in [-0.05, 0) is 17.7 Å². The van der Waals surface area contributed by atoms with E-state index in [0.717, 1.165) is 0 Å². The minimum atomic E-state index is -0.780. The van der Waals surface area contributed by atoms with E-state index in [0.29, 0.717) is 11.3 Å². The number of aromatic nitrogens is 3. The fourth-order valence-corrected chi connectivity index (χ4v) is 1.72. The maximum Gasteiger partial charge on any atom is 0.360 e. The van der Waals surface area contributed by atoms with Gasteiger partial charge in [-0.25, -0.2) is 9.48 Å². The Hall–Kier alpha value is -2.41. The Kier molecular flexibility index (Phi) is 4.31. The highest BCUT2D eigenvalue weighted by atomic mass is 16.5. The smallest absolute Gasteiger partial charge is 0.360 e. The Bertz CT molecular complexity index is 597. The average molecular weight is 277 g/mol. The molecular formula is C13H15N3O4. The van der Waals surface area contributed by atoms with E-state index in [2.05, 4.69) is 15.0 Å². The number of nitrogens with zero attached hydrogens (tertiary/aromatic N) is 3. The Morgan fingerprint density at radius 2 is 2.25 bits per heavy atom. The molecule has 0 aliphatic heterocycles. The molecule has 20 heavy (non-hydrogen) atoms. The molecule has 1 atom stereocenters.